The Balaban J connectivity index is 1.59. The number of nitrogens with one attached hydrogen (secondary N) is 1. The highest BCUT2D eigenvalue weighted by molar-refractivity contribution is 7.11. The Morgan fingerprint density at radius 1 is 1.29 bits per heavy atom. The van der Waals surface area contributed by atoms with E-state index in [1.807, 2.05) is 23.6 Å². The maximum atomic E-state index is 11.1. The number of hydrogen-bond donors (Lipinski definition) is 1. The van der Waals surface area contributed by atoms with Crippen LogP contribution in [0.1, 0.15) is 5.01 Å². The molecule has 4 rings (SSSR count). The lowest BCUT2D eigenvalue weighted by Crippen LogP contribution is -1.96. The molecule has 0 unspecified atom stereocenters. The number of fused-ring (bicyclic) bond motifs is 1. The van der Waals surface area contributed by atoms with Gasteiger partial charge in [0.1, 0.15) is 22.3 Å². The first-order valence-electron chi connectivity index (χ1n) is 8.12. The molecule has 0 saturated heterocycles. The maximum Gasteiger partial charge on any atom is 0.292 e. The fraction of sp³-hybridized carbons (Fsp3) is 0.0526. The number of thiazole rings is 1. The summed E-state index contributed by atoms with van der Waals surface area (Å²) < 4.78 is 10.7. The van der Waals surface area contributed by atoms with Crippen LogP contribution < -0.4 is 14.8 Å². The van der Waals surface area contributed by atoms with E-state index in [0.717, 1.165) is 5.56 Å². The number of benzene rings is 2. The number of aromatic nitrogens is 1. The molecule has 28 heavy (non-hydrogen) atoms. The average molecular weight is 392 g/mol. The third-order valence-corrected chi connectivity index (χ3v) is 4.87. The highest BCUT2D eigenvalue weighted by Crippen LogP contribution is 2.36. The second kappa shape index (κ2) is 7.38. The lowest BCUT2D eigenvalue weighted by atomic mass is 10.1. The third kappa shape index (κ3) is 3.36. The van der Waals surface area contributed by atoms with Crippen molar-refractivity contribution in [3.63, 3.8) is 0 Å². The predicted molar refractivity (Wildman–Crippen MR) is 104 cm³/mol. The number of nitro groups is 1. The molecule has 0 spiro atoms. The van der Waals surface area contributed by atoms with E-state index in [2.05, 4.69) is 16.4 Å². The van der Waals surface area contributed by atoms with Crippen molar-refractivity contribution in [1.29, 1.82) is 5.26 Å². The van der Waals surface area contributed by atoms with Gasteiger partial charge in [-0.2, -0.15) is 5.26 Å². The van der Waals surface area contributed by atoms with Gasteiger partial charge in [0.2, 0.25) is 6.79 Å². The molecule has 0 aliphatic carbocycles. The summed E-state index contributed by atoms with van der Waals surface area (Å²) in [6.45, 7) is 0.194. The third-order valence-electron chi connectivity index (χ3n) is 4.00. The number of ether oxygens (including phenoxy) is 2. The van der Waals surface area contributed by atoms with Gasteiger partial charge in [0, 0.05) is 23.2 Å². The molecular weight excluding hydrogens is 380 g/mol. The molecule has 8 nitrogen and oxygen atoms in total. The zero-order valence-electron chi connectivity index (χ0n) is 14.3. The number of allylic oxidation sites excluding steroid dienone is 1. The average Bonchev–Trinajstić information content (AvgIpc) is 3.37. The summed E-state index contributed by atoms with van der Waals surface area (Å²) in [5, 5.41) is 25.7. The van der Waals surface area contributed by atoms with Crippen molar-refractivity contribution in [1.82, 2.24) is 4.98 Å². The van der Waals surface area contributed by atoms with Crippen LogP contribution >= 0.6 is 11.3 Å². The van der Waals surface area contributed by atoms with Crippen LogP contribution in [-0.4, -0.2) is 16.7 Å². The summed E-state index contributed by atoms with van der Waals surface area (Å²) in [7, 11) is 0. The molecular formula is C19H12N4O4S. The molecule has 9 heteroatoms. The SMILES string of the molecule is N#C/C(=C\Nc1ccccc1[N+](=O)[O-])c1nc(-c2ccc3c(c2)OCO3)cs1. The molecule has 0 saturated carbocycles. The number of rotatable bonds is 5. The van der Waals surface area contributed by atoms with Crippen LogP contribution in [0.3, 0.4) is 0 Å². The van der Waals surface area contributed by atoms with Crippen LogP contribution in [0.5, 0.6) is 11.5 Å². The van der Waals surface area contributed by atoms with E-state index in [1.54, 1.807) is 18.2 Å². The van der Waals surface area contributed by atoms with Crippen LogP contribution in [0, 0.1) is 21.4 Å². The smallest absolute Gasteiger partial charge is 0.292 e. The molecule has 0 atom stereocenters. The quantitative estimate of drug-likeness (QED) is 0.389. The van der Waals surface area contributed by atoms with Crippen molar-refractivity contribution < 1.29 is 14.4 Å². The van der Waals surface area contributed by atoms with Gasteiger partial charge in [-0.1, -0.05) is 12.1 Å². The Labute approximate surface area is 163 Å². The molecule has 0 amide bonds. The Morgan fingerprint density at radius 3 is 2.93 bits per heavy atom. The largest absolute Gasteiger partial charge is 0.454 e. The monoisotopic (exact) mass is 392 g/mol. The molecule has 2 heterocycles. The van der Waals surface area contributed by atoms with E-state index in [-0.39, 0.29) is 18.1 Å². The lowest BCUT2D eigenvalue weighted by Gasteiger charge is -2.02. The number of nitro benzene ring substituents is 1. The number of nitrogens with zero attached hydrogens (tertiary/aromatic N) is 3. The number of para-hydroxylation sites is 2. The zero-order valence-corrected chi connectivity index (χ0v) is 15.1. The molecule has 3 aromatic rings. The summed E-state index contributed by atoms with van der Waals surface area (Å²) >= 11 is 1.31. The molecule has 1 aliphatic heterocycles. The highest BCUT2D eigenvalue weighted by Gasteiger charge is 2.16. The van der Waals surface area contributed by atoms with Gasteiger partial charge in [-0.25, -0.2) is 4.98 Å². The molecule has 1 aliphatic rings. The first-order valence-corrected chi connectivity index (χ1v) is 9.00. The standard InChI is InChI=1S/C19H12N4O4S/c20-8-13(9-21-14-3-1-2-4-16(14)23(24)25)19-22-15(10-28-19)12-5-6-17-18(7-12)27-11-26-17/h1-7,9-10,21H,11H2/b13-9+. The van der Waals surface area contributed by atoms with Crippen molar-refractivity contribution in [3.8, 4) is 28.8 Å². The van der Waals surface area contributed by atoms with Gasteiger partial charge in [-0.05, 0) is 24.3 Å². The van der Waals surface area contributed by atoms with E-state index >= 15 is 0 Å². The van der Waals surface area contributed by atoms with Gasteiger partial charge in [0.15, 0.2) is 11.5 Å². The van der Waals surface area contributed by atoms with E-state index < -0.39 is 4.92 Å². The first kappa shape index (κ1) is 17.5. The summed E-state index contributed by atoms with van der Waals surface area (Å²) in [4.78, 5) is 15.1. The molecule has 0 bridgehead atoms. The lowest BCUT2D eigenvalue weighted by molar-refractivity contribution is -0.383. The van der Waals surface area contributed by atoms with Crippen molar-refractivity contribution in [2.75, 3.05) is 12.1 Å². The number of nitriles is 1. The Morgan fingerprint density at radius 2 is 2.11 bits per heavy atom. The summed E-state index contributed by atoms with van der Waals surface area (Å²) in [6.07, 6.45) is 1.42. The minimum Gasteiger partial charge on any atom is -0.454 e. The van der Waals surface area contributed by atoms with Crippen LogP contribution in [-0.2, 0) is 0 Å². The predicted octanol–water partition coefficient (Wildman–Crippen LogP) is 4.42. The maximum absolute atomic E-state index is 11.1. The van der Waals surface area contributed by atoms with E-state index in [1.165, 1.54) is 23.6 Å². The minimum atomic E-state index is -0.483. The van der Waals surface area contributed by atoms with Crippen LogP contribution in [0.25, 0.3) is 16.8 Å². The van der Waals surface area contributed by atoms with Gasteiger partial charge in [0.05, 0.1) is 10.6 Å². The van der Waals surface area contributed by atoms with Gasteiger partial charge in [0.25, 0.3) is 5.69 Å². The Bertz CT molecular complexity index is 1130. The zero-order chi connectivity index (χ0) is 19.5. The summed E-state index contributed by atoms with van der Waals surface area (Å²) in [5.41, 5.74) is 2.04. The molecule has 1 aromatic heterocycles. The minimum absolute atomic E-state index is 0.0729. The normalized spacial score (nSPS) is 12.5. The number of anilines is 1. The highest BCUT2D eigenvalue weighted by atomic mass is 32.1. The molecule has 1 N–H and O–H groups in total. The molecule has 0 radical (unpaired) electrons. The second-order valence-electron chi connectivity index (χ2n) is 5.69. The van der Waals surface area contributed by atoms with E-state index in [0.29, 0.717) is 27.9 Å². The van der Waals surface area contributed by atoms with Crippen molar-refractivity contribution in [2.24, 2.45) is 0 Å². The second-order valence-corrected chi connectivity index (χ2v) is 6.55. The number of hydrogen-bond acceptors (Lipinski definition) is 8. The molecule has 2 aromatic carbocycles. The van der Waals surface area contributed by atoms with Crippen molar-refractivity contribution in [3.05, 3.63) is 69.2 Å². The van der Waals surface area contributed by atoms with Crippen LogP contribution in [0.4, 0.5) is 11.4 Å². The van der Waals surface area contributed by atoms with Gasteiger partial charge in [-0.15, -0.1) is 11.3 Å². The Kier molecular flexibility index (Phi) is 4.62. The topological polar surface area (TPSA) is 110 Å². The van der Waals surface area contributed by atoms with Crippen molar-refractivity contribution in [2.45, 2.75) is 0 Å². The molecule has 138 valence electrons. The van der Waals surface area contributed by atoms with E-state index in [4.69, 9.17) is 9.47 Å². The molecule has 0 fully saturated rings. The van der Waals surface area contributed by atoms with Gasteiger partial charge < -0.3 is 14.8 Å². The van der Waals surface area contributed by atoms with Crippen LogP contribution in [0.2, 0.25) is 0 Å². The van der Waals surface area contributed by atoms with Crippen LogP contribution in [0.15, 0.2) is 54.0 Å². The van der Waals surface area contributed by atoms with Gasteiger partial charge >= 0.3 is 0 Å². The van der Waals surface area contributed by atoms with E-state index in [9.17, 15) is 15.4 Å². The van der Waals surface area contributed by atoms with Gasteiger partial charge in [-0.3, -0.25) is 10.1 Å². The fourth-order valence-corrected chi connectivity index (χ4v) is 3.43. The Hall–Kier alpha value is -3.90. The summed E-state index contributed by atoms with van der Waals surface area (Å²) in [6, 6.07) is 13.8. The first-order chi connectivity index (χ1) is 13.7. The fourth-order valence-electron chi connectivity index (χ4n) is 2.63. The van der Waals surface area contributed by atoms with Crippen molar-refractivity contribution >= 4 is 28.3 Å². The summed E-state index contributed by atoms with van der Waals surface area (Å²) in [5.74, 6) is 1.34.